The Bertz CT molecular complexity index is 867. The first kappa shape index (κ1) is 14.1. The molecule has 7 heteroatoms. The van der Waals surface area contributed by atoms with Crippen LogP contribution in [0.2, 0.25) is 0 Å². The number of oxazole rings is 1. The fourth-order valence-electron chi connectivity index (χ4n) is 2.20. The molecule has 0 fully saturated rings. The van der Waals surface area contributed by atoms with Gasteiger partial charge in [-0.3, -0.25) is 9.36 Å². The first-order chi connectivity index (χ1) is 10.6. The third-order valence-electron chi connectivity index (χ3n) is 3.42. The summed E-state index contributed by atoms with van der Waals surface area (Å²) in [5.41, 5.74) is 2.40. The number of hydrogen-bond donors (Lipinski definition) is 0. The number of ether oxygens (including phenoxy) is 1. The van der Waals surface area contributed by atoms with Gasteiger partial charge in [0.1, 0.15) is 18.9 Å². The fraction of sp³-hybridized carbons (Fsp3) is 0.267. The Balaban J connectivity index is 1.74. The molecule has 1 aromatic carbocycles. The molecule has 0 atom stereocenters. The molecule has 3 aromatic rings. The molecule has 22 heavy (non-hydrogen) atoms. The van der Waals surface area contributed by atoms with Crippen molar-refractivity contribution in [1.82, 2.24) is 9.72 Å². The van der Waals surface area contributed by atoms with Crippen molar-refractivity contribution in [2.75, 3.05) is 0 Å². The number of aryl methyl sites for hydroxylation is 2. The van der Waals surface area contributed by atoms with Gasteiger partial charge in [-0.25, -0.2) is 4.79 Å². The number of carbonyl (C=O) groups excluding carboxylic acids is 1. The van der Waals surface area contributed by atoms with Gasteiger partial charge in [0.15, 0.2) is 5.58 Å². The number of benzene rings is 1. The van der Waals surface area contributed by atoms with Crippen LogP contribution in [0.5, 0.6) is 0 Å². The van der Waals surface area contributed by atoms with Gasteiger partial charge < -0.3 is 13.7 Å². The van der Waals surface area contributed by atoms with E-state index >= 15 is 0 Å². The second-order valence-electron chi connectivity index (χ2n) is 4.89. The van der Waals surface area contributed by atoms with E-state index in [0.29, 0.717) is 22.6 Å². The number of nitrogens with zero attached hydrogens (tertiary/aromatic N) is 2. The standard InChI is InChI=1S/C15H14N2O5/c1-9-11(10(2)22-16-9)8-20-14(18)7-17-12-5-3-4-6-13(12)21-15(17)19/h3-6H,7-8H2,1-2H3. The summed E-state index contributed by atoms with van der Waals surface area (Å²) < 4.78 is 16.5. The predicted molar refractivity (Wildman–Crippen MR) is 76.2 cm³/mol. The Kier molecular flexibility index (Phi) is 3.54. The first-order valence-electron chi connectivity index (χ1n) is 6.72. The summed E-state index contributed by atoms with van der Waals surface area (Å²) in [5.74, 6) is -0.514. The highest BCUT2D eigenvalue weighted by atomic mass is 16.5. The number of esters is 1. The van der Waals surface area contributed by atoms with Crippen LogP contribution < -0.4 is 5.76 Å². The summed E-state index contributed by atoms with van der Waals surface area (Å²) in [4.78, 5) is 23.7. The van der Waals surface area contributed by atoms with Crippen molar-refractivity contribution in [2.45, 2.75) is 27.0 Å². The van der Waals surface area contributed by atoms with E-state index in [4.69, 9.17) is 13.7 Å². The number of rotatable bonds is 4. The van der Waals surface area contributed by atoms with Gasteiger partial charge in [0, 0.05) is 0 Å². The summed E-state index contributed by atoms with van der Waals surface area (Å²) in [6.45, 7) is 3.37. The highest BCUT2D eigenvalue weighted by Crippen LogP contribution is 2.14. The summed E-state index contributed by atoms with van der Waals surface area (Å²) >= 11 is 0. The van der Waals surface area contributed by atoms with Crippen LogP contribution in [-0.2, 0) is 22.7 Å². The van der Waals surface area contributed by atoms with E-state index in [2.05, 4.69) is 5.16 Å². The maximum atomic E-state index is 11.9. The number of fused-ring (bicyclic) bond motifs is 1. The Morgan fingerprint density at radius 2 is 2.09 bits per heavy atom. The minimum absolute atomic E-state index is 0.0601. The van der Waals surface area contributed by atoms with Crippen LogP contribution in [0.25, 0.3) is 11.1 Å². The van der Waals surface area contributed by atoms with Crippen LogP contribution in [0, 0.1) is 13.8 Å². The van der Waals surface area contributed by atoms with Gasteiger partial charge in [0.25, 0.3) is 0 Å². The molecular formula is C15H14N2O5. The fourth-order valence-corrected chi connectivity index (χ4v) is 2.20. The lowest BCUT2D eigenvalue weighted by Gasteiger charge is -2.05. The molecule has 3 rings (SSSR count). The minimum atomic E-state index is -0.588. The average molecular weight is 302 g/mol. The molecule has 0 radical (unpaired) electrons. The van der Waals surface area contributed by atoms with Gasteiger partial charge in [-0.2, -0.15) is 0 Å². The third kappa shape index (κ3) is 2.52. The van der Waals surface area contributed by atoms with Crippen LogP contribution in [-0.4, -0.2) is 15.7 Å². The Labute approximate surface area is 125 Å². The van der Waals surface area contributed by atoms with E-state index in [1.54, 1.807) is 38.1 Å². The minimum Gasteiger partial charge on any atom is -0.459 e. The van der Waals surface area contributed by atoms with Gasteiger partial charge >= 0.3 is 11.7 Å². The molecule has 0 N–H and O–H groups in total. The average Bonchev–Trinajstić information content (AvgIpc) is 2.98. The maximum Gasteiger partial charge on any atom is 0.420 e. The summed E-state index contributed by atoms with van der Waals surface area (Å²) in [6, 6.07) is 6.90. The number of aromatic nitrogens is 2. The van der Waals surface area contributed by atoms with Crippen LogP contribution in [0.3, 0.4) is 0 Å². The molecule has 0 unspecified atom stereocenters. The molecule has 0 amide bonds. The van der Waals surface area contributed by atoms with E-state index < -0.39 is 11.7 Å². The molecule has 7 nitrogen and oxygen atoms in total. The van der Waals surface area contributed by atoms with Gasteiger partial charge in [-0.1, -0.05) is 17.3 Å². The summed E-state index contributed by atoms with van der Waals surface area (Å²) in [6.07, 6.45) is 0. The number of para-hydroxylation sites is 2. The van der Waals surface area contributed by atoms with Crippen LogP contribution in [0.1, 0.15) is 17.0 Å². The Morgan fingerprint density at radius 1 is 1.32 bits per heavy atom. The molecule has 0 spiro atoms. The zero-order valence-corrected chi connectivity index (χ0v) is 12.2. The molecule has 0 aliphatic rings. The smallest absolute Gasteiger partial charge is 0.420 e. The van der Waals surface area contributed by atoms with Crippen LogP contribution in [0.4, 0.5) is 0 Å². The van der Waals surface area contributed by atoms with Crippen molar-refractivity contribution >= 4 is 17.1 Å². The van der Waals surface area contributed by atoms with Crippen molar-refractivity contribution in [3.8, 4) is 0 Å². The van der Waals surface area contributed by atoms with Crippen molar-refractivity contribution < 1.29 is 18.5 Å². The van der Waals surface area contributed by atoms with E-state index in [1.165, 1.54) is 4.57 Å². The lowest BCUT2D eigenvalue weighted by Crippen LogP contribution is -2.21. The van der Waals surface area contributed by atoms with Gasteiger partial charge in [-0.15, -0.1) is 0 Å². The highest BCUT2D eigenvalue weighted by molar-refractivity contribution is 5.76. The zero-order chi connectivity index (χ0) is 15.7. The van der Waals surface area contributed by atoms with Gasteiger partial charge in [-0.05, 0) is 26.0 Å². The molecule has 114 valence electrons. The van der Waals surface area contributed by atoms with Gasteiger partial charge in [0.05, 0.1) is 16.8 Å². The topological polar surface area (TPSA) is 87.5 Å². The highest BCUT2D eigenvalue weighted by Gasteiger charge is 2.15. The monoisotopic (exact) mass is 302 g/mol. The molecule has 2 aromatic heterocycles. The second kappa shape index (κ2) is 5.51. The number of hydrogen-bond acceptors (Lipinski definition) is 6. The molecule has 0 aliphatic heterocycles. The predicted octanol–water partition coefficient (Wildman–Crippen LogP) is 1.94. The SMILES string of the molecule is Cc1noc(C)c1COC(=O)Cn1c(=O)oc2ccccc21. The first-order valence-corrected chi connectivity index (χ1v) is 6.72. The molecule has 0 bridgehead atoms. The van der Waals surface area contributed by atoms with Crippen molar-refractivity contribution in [3.63, 3.8) is 0 Å². The molecule has 0 saturated heterocycles. The normalized spacial score (nSPS) is 11.0. The quantitative estimate of drug-likeness (QED) is 0.684. The molecular weight excluding hydrogens is 288 g/mol. The third-order valence-corrected chi connectivity index (χ3v) is 3.42. The molecule has 2 heterocycles. The van der Waals surface area contributed by atoms with E-state index in [-0.39, 0.29) is 13.2 Å². The van der Waals surface area contributed by atoms with E-state index in [9.17, 15) is 9.59 Å². The Hall–Kier alpha value is -2.83. The van der Waals surface area contributed by atoms with Crippen LogP contribution in [0.15, 0.2) is 38.0 Å². The molecule has 0 aliphatic carbocycles. The largest absolute Gasteiger partial charge is 0.459 e. The maximum absolute atomic E-state index is 11.9. The van der Waals surface area contributed by atoms with E-state index in [0.717, 1.165) is 5.56 Å². The lowest BCUT2D eigenvalue weighted by molar-refractivity contribution is -0.145. The lowest BCUT2D eigenvalue weighted by atomic mass is 10.2. The van der Waals surface area contributed by atoms with Crippen LogP contribution >= 0.6 is 0 Å². The van der Waals surface area contributed by atoms with Crippen molar-refractivity contribution in [3.05, 3.63) is 51.8 Å². The Morgan fingerprint density at radius 3 is 2.82 bits per heavy atom. The summed E-state index contributed by atoms with van der Waals surface area (Å²) in [7, 11) is 0. The molecule has 0 saturated carbocycles. The van der Waals surface area contributed by atoms with Gasteiger partial charge in [0.2, 0.25) is 0 Å². The number of carbonyl (C=O) groups is 1. The zero-order valence-electron chi connectivity index (χ0n) is 12.2. The second-order valence-corrected chi connectivity index (χ2v) is 4.89. The van der Waals surface area contributed by atoms with E-state index in [1.807, 2.05) is 0 Å². The van der Waals surface area contributed by atoms with Crippen molar-refractivity contribution in [2.24, 2.45) is 0 Å². The van der Waals surface area contributed by atoms with Crippen molar-refractivity contribution in [1.29, 1.82) is 0 Å². The summed E-state index contributed by atoms with van der Waals surface area (Å²) in [5, 5.41) is 3.79.